The van der Waals surface area contributed by atoms with Crippen LogP contribution in [0, 0.1) is 6.92 Å². The molecule has 0 amide bonds. The number of aliphatic hydroxyl groups is 1. The molecule has 1 unspecified atom stereocenters. The van der Waals surface area contributed by atoms with Crippen molar-refractivity contribution in [1.29, 1.82) is 0 Å². The standard InChI is InChI=1S/C12H22N2O3S/c1-10-8-18-11(16)14(10)6-5-13-12(2,4-7-15)9-17-3/h8,13,15H,4-7,9H2,1-3H3. The van der Waals surface area contributed by atoms with Crippen LogP contribution in [0.25, 0.3) is 0 Å². The zero-order chi connectivity index (χ0) is 13.6. The molecule has 0 aliphatic carbocycles. The molecule has 1 aromatic rings. The molecule has 1 rings (SSSR count). The van der Waals surface area contributed by atoms with Gasteiger partial charge in [-0.25, -0.2) is 0 Å². The number of nitrogens with zero attached hydrogens (tertiary/aromatic N) is 1. The maximum absolute atomic E-state index is 11.5. The van der Waals surface area contributed by atoms with E-state index in [1.807, 2.05) is 19.2 Å². The van der Waals surface area contributed by atoms with E-state index in [2.05, 4.69) is 5.32 Å². The highest BCUT2D eigenvalue weighted by atomic mass is 32.1. The number of aryl methyl sites for hydroxylation is 1. The molecule has 1 aromatic heterocycles. The summed E-state index contributed by atoms with van der Waals surface area (Å²) in [6.07, 6.45) is 0.623. The van der Waals surface area contributed by atoms with E-state index in [0.717, 1.165) is 5.69 Å². The monoisotopic (exact) mass is 274 g/mol. The normalized spacial score (nSPS) is 14.7. The van der Waals surface area contributed by atoms with Crippen LogP contribution in [-0.2, 0) is 11.3 Å². The van der Waals surface area contributed by atoms with E-state index in [1.165, 1.54) is 11.3 Å². The molecular formula is C12H22N2O3S. The third-order valence-electron chi connectivity index (χ3n) is 2.99. The van der Waals surface area contributed by atoms with Crippen LogP contribution >= 0.6 is 11.3 Å². The van der Waals surface area contributed by atoms with Crippen molar-refractivity contribution in [2.75, 3.05) is 26.9 Å². The molecule has 5 nitrogen and oxygen atoms in total. The lowest BCUT2D eigenvalue weighted by atomic mass is 9.99. The average Bonchev–Trinajstić information content (AvgIpc) is 2.61. The predicted molar refractivity (Wildman–Crippen MR) is 73.3 cm³/mol. The molecule has 1 heterocycles. The van der Waals surface area contributed by atoms with Crippen LogP contribution in [0.2, 0.25) is 0 Å². The van der Waals surface area contributed by atoms with Gasteiger partial charge in [0, 0.05) is 43.4 Å². The van der Waals surface area contributed by atoms with Gasteiger partial charge >= 0.3 is 4.87 Å². The number of thiazole rings is 1. The lowest BCUT2D eigenvalue weighted by Gasteiger charge is -2.29. The fraction of sp³-hybridized carbons (Fsp3) is 0.750. The number of aromatic nitrogens is 1. The first-order valence-electron chi connectivity index (χ1n) is 6.02. The summed E-state index contributed by atoms with van der Waals surface area (Å²) in [6, 6.07) is 0. The summed E-state index contributed by atoms with van der Waals surface area (Å²) >= 11 is 1.22. The Kier molecular flexibility index (Phi) is 6.01. The molecular weight excluding hydrogens is 252 g/mol. The van der Waals surface area contributed by atoms with Crippen molar-refractivity contribution in [2.24, 2.45) is 0 Å². The Balaban J connectivity index is 2.51. The molecule has 2 N–H and O–H groups in total. The summed E-state index contributed by atoms with van der Waals surface area (Å²) < 4.78 is 6.91. The SMILES string of the molecule is COCC(C)(CCO)NCCn1c(C)csc1=O. The van der Waals surface area contributed by atoms with Gasteiger partial charge in [-0.3, -0.25) is 4.79 Å². The number of aliphatic hydroxyl groups excluding tert-OH is 1. The molecule has 1 atom stereocenters. The number of nitrogens with one attached hydrogen (secondary N) is 1. The zero-order valence-electron chi connectivity index (χ0n) is 11.2. The number of hydrogen-bond acceptors (Lipinski definition) is 5. The lowest BCUT2D eigenvalue weighted by molar-refractivity contribution is 0.0975. The van der Waals surface area contributed by atoms with Gasteiger partial charge < -0.3 is 19.7 Å². The van der Waals surface area contributed by atoms with Gasteiger partial charge in [-0.2, -0.15) is 0 Å². The second kappa shape index (κ2) is 7.04. The van der Waals surface area contributed by atoms with E-state index < -0.39 is 0 Å². The van der Waals surface area contributed by atoms with Crippen molar-refractivity contribution in [3.05, 3.63) is 20.7 Å². The Hall–Kier alpha value is -0.690. The topological polar surface area (TPSA) is 63.5 Å². The van der Waals surface area contributed by atoms with Crippen LogP contribution in [0.4, 0.5) is 0 Å². The van der Waals surface area contributed by atoms with E-state index in [9.17, 15) is 4.79 Å². The minimum Gasteiger partial charge on any atom is -0.396 e. The highest BCUT2D eigenvalue weighted by molar-refractivity contribution is 7.07. The van der Waals surface area contributed by atoms with Crippen molar-refractivity contribution < 1.29 is 9.84 Å². The molecule has 0 aliphatic rings. The van der Waals surface area contributed by atoms with E-state index in [-0.39, 0.29) is 17.0 Å². The summed E-state index contributed by atoms with van der Waals surface area (Å²) in [6.45, 7) is 5.90. The first kappa shape index (κ1) is 15.4. The second-order valence-corrected chi connectivity index (χ2v) is 5.51. The van der Waals surface area contributed by atoms with Gasteiger partial charge in [-0.1, -0.05) is 11.3 Å². The summed E-state index contributed by atoms with van der Waals surface area (Å²) in [5.74, 6) is 0. The van der Waals surface area contributed by atoms with Gasteiger partial charge in [-0.15, -0.1) is 0 Å². The van der Waals surface area contributed by atoms with E-state index in [1.54, 1.807) is 11.7 Å². The number of rotatable bonds is 8. The smallest absolute Gasteiger partial charge is 0.307 e. The van der Waals surface area contributed by atoms with Gasteiger partial charge in [0.1, 0.15) is 0 Å². The van der Waals surface area contributed by atoms with Crippen LogP contribution in [0.1, 0.15) is 19.0 Å². The number of hydrogen-bond donors (Lipinski definition) is 2. The summed E-state index contributed by atoms with van der Waals surface area (Å²) in [4.78, 5) is 11.6. The van der Waals surface area contributed by atoms with Crippen molar-refractivity contribution in [3.8, 4) is 0 Å². The van der Waals surface area contributed by atoms with Crippen LogP contribution in [0.5, 0.6) is 0 Å². The molecule has 0 fully saturated rings. The lowest BCUT2D eigenvalue weighted by Crippen LogP contribution is -2.48. The molecule has 0 saturated heterocycles. The maximum Gasteiger partial charge on any atom is 0.307 e. The quantitative estimate of drug-likeness (QED) is 0.728. The summed E-state index contributed by atoms with van der Waals surface area (Å²) in [5.41, 5.74) is 0.735. The molecule has 18 heavy (non-hydrogen) atoms. The van der Waals surface area contributed by atoms with Crippen molar-refractivity contribution in [3.63, 3.8) is 0 Å². The molecule has 6 heteroatoms. The minimum atomic E-state index is -0.253. The Labute approximate surface area is 111 Å². The third kappa shape index (κ3) is 4.20. The first-order chi connectivity index (χ1) is 8.52. The van der Waals surface area contributed by atoms with Crippen LogP contribution in [0.15, 0.2) is 10.2 Å². The largest absolute Gasteiger partial charge is 0.396 e. The molecule has 0 bridgehead atoms. The molecule has 0 radical (unpaired) electrons. The average molecular weight is 274 g/mol. The third-order valence-corrected chi connectivity index (χ3v) is 3.87. The van der Waals surface area contributed by atoms with Crippen molar-refractivity contribution >= 4 is 11.3 Å². The highest BCUT2D eigenvalue weighted by Gasteiger charge is 2.22. The van der Waals surface area contributed by atoms with Crippen molar-refractivity contribution in [2.45, 2.75) is 32.4 Å². The molecule has 0 aliphatic heterocycles. The van der Waals surface area contributed by atoms with E-state index >= 15 is 0 Å². The highest BCUT2D eigenvalue weighted by Crippen LogP contribution is 2.09. The fourth-order valence-electron chi connectivity index (χ4n) is 1.92. The molecule has 104 valence electrons. The van der Waals surface area contributed by atoms with E-state index in [4.69, 9.17) is 9.84 Å². The Morgan fingerprint density at radius 2 is 2.33 bits per heavy atom. The van der Waals surface area contributed by atoms with Crippen molar-refractivity contribution in [1.82, 2.24) is 9.88 Å². The molecule has 0 spiro atoms. The predicted octanol–water partition coefficient (Wildman–Crippen LogP) is 0.595. The Morgan fingerprint density at radius 3 is 2.83 bits per heavy atom. The number of methoxy groups -OCH3 is 1. The Morgan fingerprint density at radius 1 is 1.61 bits per heavy atom. The van der Waals surface area contributed by atoms with Gasteiger partial charge in [0.25, 0.3) is 0 Å². The van der Waals surface area contributed by atoms with Gasteiger partial charge in [0.15, 0.2) is 0 Å². The summed E-state index contributed by atoms with van der Waals surface area (Å²) in [7, 11) is 1.64. The first-order valence-corrected chi connectivity index (χ1v) is 6.90. The van der Waals surface area contributed by atoms with Gasteiger partial charge in [0.05, 0.1) is 6.61 Å². The van der Waals surface area contributed by atoms with Crippen LogP contribution in [-0.4, -0.2) is 42.1 Å². The van der Waals surface area contributed by atoms with Gasteiger partial charge in [-0.05, 0) is 20.3 Å². The summed E-state index contributed by atoms with van der Waals surface area (Å²) in [5, 5.41) is 14.3. The maximum atomic E-state index is 11.5. The van der Waals surface area contributed by atoms with Gasteiger partial charge in [0.2, 0.25) is 0 Å². The molecule has 0 aromatic carbocycles. The molecule has 0 saturated carbocycles. The van der Waals surface area contributed by atoms with Crippen LogP contribution in [0.3, 0.4) is 0 Å². The number of ether oxygens (including phenoxy) is 1. The fourth-order valence-corrected chi connectivity index (χ4v) is 2.68. The van der Waals surface area contributed by atoms with E-state index in [0.29, 0.717) is 26.1 Å². The zero-order valence-corrected chi connectivity index (χ0v) is 12.0. The Bertz CT molecular complexity index is 408. The second-order valence-electron chi connectivity index (χ2n) is 4.69. The minimum absolute atomic E-state index is 0.0740. The van der Waals surface area contributed by atoms with Crippen LogP contribution < -0.4 is 10.2 Å².